The molecule has 24 heavy (non-hydrogen) atoms. The summed E-state index contributed by atoms with van der Waals surface area (Å²) in [6.07, 6.45) is 0. The van der Waals surface area contributed by atoms with Crippen LogP contribution in [0.2, 0.25) is 0 Å². The minimum atomic E-state index is -0.0585. The summed E-state index contributed by atoms with van der Waals surface area (Å²) in [6, 6.07) is 16.3. The fourth-order valence-electron chi connectivity index (χ4n) is 2.54. The van der Waals surface area contributed by atoms with Gasteiger partial charge in [-0.2, -0.15) is 0 Å². The smallest absolute Gasteiger partial charge is 0.238 e. The SMILES string of the molecule is Cc1nnc([C@H](C)Nc2cccc(-c3nc4ccccc4s3)c2)o1. The van der Waals surface area contributed by atoms with E-state index in [0.717, 1.165) is 21.8 Å². The molecule has 0 radical (unpaired) electrons. The lowest BCUT2D eigenvalue weighted by molar-refractivity contribution is 0.451. The minimum Gasteiger partial charge on any atom is -0.423 e. The predicted octanol–water partition coefficient (Wildman–Crippen LogP) is 4.83. The van der Waals surface area contributed by atoms with E-state index in [1.807, 2.05) is 37.3 Å². The second kappa shape index (κ2) is 6.05. The topological polar surface area (TPSA) is 63.8 Å². The van der Waals surface area contributed by atoms with Crippen molar-refractivity contribution < 1.29 is 4.42 Å². The Bertz CT molecular complexity index is 958. The van der Waals surface area contributed by atoms with E-state index in [1.54, 1.807) is 18.3 Å². The van der Waals surface area contributed by atoms with Gasteiger partial charge >= 0.3 is 0 Å². The van der Waals surface area contributed by atoms with Crippen LogP contribution in [0.5, 0.6) is 0 Å². The highest BCUT2D eigenvalue weighted by atomic mass is 32.1. The first-order chi connectivity index (χ1) is 11.7. The Morgan fingerprint density at radius 1 is 1.08 bits per heavy atom. The van der Waals surface area contributed by atoms with E-state index in [9.17, 15) is 0 Å². The molecule has 2 heterocycles. The van der Waals surface area contributed by atoms with Crippen molar-refractivity contribution in [3.63, 3.8) is 0 Å². The van der Waals surface area contributed by atoms with Crippen LogP contribution < -0.4 is 5.32 Å². The molecule has 0 fully saturated rings. The van der Waals surface area contributed by atoms with Gasteiger partial charge in [0.2, 0.25) is 11.8 Å². The standard InChI is InChI=1S/C18H16N4OS/c1-11(17-22-21-12(2)23-17)19-14-7-5-6-13(10-14)18-20-15-8-3-4-9-16(15)24-18/h3-11,19H,1-2H3/t11-/m0/s1. The van der Waals surface area contributed by atoms with Crippen LogP contribution in [0.4, 0.5) is 5.69 Å². The van der Waals surface area contributed by atoms with Crippen LogP contribution in [0.3, 0.4) is 0 Å². The maximum atomic E-state index is 5.48. The number of aryl methyl sites for hydroxylation is 1. The molecule has 5 nitrogen and oxygen atoms in total. The van der Waals surface area contributed by atoms with Crippen LogP contribution in [0.25, 0.3) is 20.8 Å². The number of hydrogen-bond acceptors (Lipinski definition) is 6. The summed E-state index contributed by atoms with van der Waals surface area (Å²) in [7, 11) is 0. The summed E-state index contributed by atoms with van der Waals surface area (Å²) in [6.45, 7) is 3.79. The Morgan fingerprint density at radius 2 is 1.96 bits per heavy atom. The zero-order valence-electron chi connectivity index (χ0n) is 13.4. The number of fused-ring (bicyclic) bond motifs is 1. The van der Waals surface area contributed by atoms with Crippen LogP contribution in [0, 0.1) is 6.92 Å². The maximum absolute atomic E-state index is 5.48. The van der Waals surface area contributed by atoms with Gasteiger partial charge in [0.05, 0.1) is 10.2 Å². The van der Waals surface area contributed by atoms with E-state index in [2.05, 4.69) is 33.7 Å². The van der Waals surface area contributed by atoms with Gasteiger partial charge < -0.3 is 9.73 Å². The van der Waals surface area contributed by atoms with Crippen molar-refractivity contribution in [2.75, 3.05) is 5.32 Å². The van der Waals surface area contributed by atoms with Crippen molar-refractivity contribution in [1.29, 1.82) is 0 Å². The molecule has 0 spiro atoms. The largest absolute Gasteiger partial charge is 0.423 e. The van der Waals surface area contributed by atoms with Gasteiger partial charge in [0.1, 0.15) is 11.0 Å². The van der Waals surface area contributed by atoms with Crippen molar-refractivity contribution >= 4 is 27.2 Å². The number of rotatable bonds is 4. The normalized spacial score (nSPS) is 12.4. The fraction of sp³-hybridized carbons (Fsp3) is 0.167. The minimum absolute atomic E-state index is 0.0585. The van der Waals surface area contributed by atoms with Crippen molar-refractivity contribution in [1.82, 2.24) is 15.2 Å². The Labute approximate surface area is 143 Å². The Hall–Kier alpha value is -2.73. The Kier molecular flexibility index (Phi) is 3.74. The molecule has 120 valence electrons. The molecule has 2 aromatic heterocycles. The van der Waals surface area contributed by atoms with E-state index in [-0.39, 0.29) is 6.04 Å². The third kappa shape index (κ3) is 2.88. The molecule has 1 atom stereocenters. The predicted molar refractivity (Wildman–Crippen MR) is 96.1 cm³/mol. The molecule has 2 aromatic carbocycles. The average molecular weight is 336 g/mol. The fourth-order valence-corrected chi connectivity index (χ4v) is 3.50. The highest BCUT2D eigenvalue weighted by Gasteiger charge is 2.13. The van der Waals surface area contributed by atoms with E-state index in [4.69, 9.17) is 9.40 Å². The number of nitrogens with one attached hydrogen (secondary N) is 1. The molecule has 4 aromatic rings. The third-order valence-electron chi connectivity index (χ3n) is 3.70. The van der Waals surface area contributed by atoms with E-state index < -0.39 is 0 Å². The van der Waals surface area contributed by atoms with Crippen LogP contribution in [-0.2, 0) is 0 Å². The summed E-state index contributed by atoms with van der Waals surface area (Å²) in [4.78, 5) is 4.71. The van der Waals surface area contributed by atoms with E-state index >= 15 is 0 Å². The van der Waals surface area contributed by atoms with Gasteiger partial charge in [-0.25, -0.2) is 4.98 Å². The summed E-state index contributed by atoms with van der Waals surface area (Å²) in [5.74, 6) is 1.15. The molecular formula is C18H16N4OS. The quantitative estimate of drug-likeness (QED) is 0.578. The van der Waals surface area contributed by atoms with E-state index in [1.165, 1.54) is 4.70 Å². The summed E-state index contributed by atoms with van der Waals surface area (Å²) >= 11 is 1.70. The molecule has 0 saturated carbocycles. The van der Waals surface area contributed by atoms with Crippen molar-refractivity contribution in [3.8, 4) is 10.6 Å². The highest BCUT2D eigenvalue weighted by molar-refractivity contribution is 7.21. The molecule has 0 bridgehead atoms. The third-order valence-corrected chi connectivity index (χ3v) is 4.78. The molecule has 6 heteroatoms. The molecule has 0 amide bonds. The number of nitrogens with zero attached hydrogens (tertiary/aromatic N) is 3. The number of aromatic nitrogens is 3. The van der Waals surface area contributed by atoms with Crippen molar-refractivity contribution in [3.05, 3.63) is 60.3 Å². The van der Waals surface area contributed by atoms with Crippen LogP contribution in [-0.4, -0.2) is 15.2 Å². The van der Waals surface area contributed by atoms with Gasteiger partial charge in [-0.1, -0.05) is 24.3 Å². The lowest BCUT2D eigenvalue weighted by Gasteiger charge is -2.12. The van der Waals surface area contributed by atoms with Gasteiger partial charge in [-0.05, 0) is 31.2 Å². The van der Waals surface area contributed by atoms with Gasteiger partial charge in [-0.15, -0.1) is 21.5 Å². The monoisotopic (exact) mass is 336 g/mol. The molecule has 0 aliphatic carbocycles. The molecule has 1 N–H and O–H groups in total. The first-order valence-corrected chi connectivity index (χ1v) is 8.53. The van der Waals surface area contributed by atoms with Gasteiger partial charge in [0.15, 0.2) is 0 Å². The summed E-state index contributed by atoms with van der Waals surface area (Å²) in [5, 5.41) is 12.3. The number of para-hydroxylation sites is 1. The molecular weight excluding hydrogens is 320 g/mol. The molecule has 0 aliphatic rings. The Morgan fingerprint density at radius 3 is 2.75 bits per heavy atom. The first kappa shape index (κ1) is 14.8. The Balaban J connectivity index is 1.61. The zero-order chi connectivity index (χ0) is 16.5. The highest BCUT2D eigenvalue weighted by Crippen LogP contribution is 2.31. The van der Waals surface area contributed by atoms with E-state index in [0.29, 0.717) is 11.8 Å². The van der Waals surface area contributed by atoms with Gasteiger partial charge in [0.25, 0.3) is 0 Å². The number of hydrogen-bond donors (Lipinski definition) is 1. The maximum Gasteiger partial charge on any atom is 0.238 e. The number of anilines is 1. The van der Waals surface area contributed by atoms with Gasteiger partial charge in [-0.3, -0.25) is 0 Å². The lowest BCUT2D eigenvalue weighted by atomic mass is 10.2. The average Bonchev–Trinajstić information content (AvgIpc) is 3.21. The van der Waals surface area contributed by atoms with Gasteiger partial charge in [0, 0.05) is 18.2 Å². The summed E-state index contributed by atoms with van der Waals surface area (Å²) < 4.78 is 6.67. The second-order valence-electron chi connectivity index (χ2n) is 5.59. The molecule has 0 aliphatic heterocycles. The molecule has 0 unspecified atom stereocenters. The van der Waals surface area contributed by atoms with Crippen molar-refractivity contribution in [2.24, 2.45) is 0 Å². The first-order valence-electron chi connectivity index (χ1n) is 7.71. The number of thiazole rings is 1. The molecule has 4 rings (SSSR count). The van der Waals surface area contributed by atoms with Crippen LogP contribution >= 0.6 is 11.3 Å². The van der Waals surface area contributed by atoms with Crippen LogP contribution in [0.15, 0.2) is 52.9 Å². The lowest BCUT2D eigenvalue weighted by Crippen LogP contribution is -2.07. The van der Waals surface area contributed by atoms with Crippen LogP contribution in [0.1, 0.15) is 24.7 Å². The second-order valence-corrected chi connectivity index (χ2v) is 6.62. The molecule has 0 saturated heterocycles. The number of benzene rings is 2. The van der Waals surface area contributed by atoms with Crippen molar-refractivity contribution in [2.45, 2.75) is 19.9 Å². The summed E-state index contributed by atoms with van der Waals surface area (Å²) in [5.41, 5.74) is 3.12. The zero-order valence-corrected chi connectivity index (χ0v) is 14.2.